The van der Waals surface area contributed by atoms with Gasteiger partial charge in [-0.3, -0.25) is 4.79 Å². The SMILES string of the molecule is C=C(C(=O)c1ccccc1)C(O[Si](C)(C)C)c1ccc(F)cc1. The molecule has 0 spiro atoms. The minimum Gasteiger partial charge on any atom is -0.407 e. The van der Waals surface area contributed by atoms with Crippen molar-refractivity contribution in [3.63, 3.8) is 0 Å². The van der Waals surface area contributed by atoms with Gasteiger partial charge in [0.2, 0.25) is 0 Å². The molecule has 2 aromatic carbocycles. The Morgan fingerprint density at radius 3 is 2.13 bits per heavy atom. The third-order valence-electron chi connectivity index (χ3n) is 3.29. The molecule has 23 heavy (non-hydrogen) atoms. The number of Topliss-reactive ketones (excluding diaryl/α,β-unsaturated/α-hetero) is 1. The van der Waals surface area contributed by atoms with Crippen molar-refractivity contribution in [2.75, 3.05) is 0 Å². The van der Waals surface area contributed by atoms with Gasteiger partial charge in [0.25, 0.3) is 0 Å². The zero-order valence-electron chi connectivity index (χ0n) is 13.7. The molecular formula is C19H21FO2Si. The highest BCUT2D eigenvalue weighted by molar-refractivity contribution is 6.69. The molecule has 0 aliphatic carbocycles. The predicted molar refractivity (Wildman–Crippen MR) is 93.5 cm³/mol. The Morgan fingerprint density at radius 2 is 1.61 bits per heavy atom. The van der Waals surface area contributed by atoms with Crippen LogP contribution in [0.4, 0.5) is 4.39 Å². The van der Waals surface area contributed by atoms with E-state index in [1.54, 1.807) is 24.3 Å². The molecule has 0 aromatic heterocycles. The normalized spacial score (nSPS) is 12.7. The molecule has 0 fully saturated rings. The standard InChI is InChI=1S/C19H21FO2Si/c1-14(18(21)15-8-6-5-7-9-15)19(22-23(2,3)4)16-10-12-17(20)13-11-16/h5-13,19H,1H2,2-4H3. The van der Waals surface area contributed by atoms with Gasteiger partial charge in [-0.25, -0.2) is 4.39 Å². The zero-order chi connectivity index (χ0) is 17.0. The van der Waals surface area contributed by atoms with E-state index in [4.69, 9.17) is 4.43 Å². The average Bonchev–Trinajstić information content (AvgIpc) is 2.52. The van der Waals surface area contributed by atoms with E-state index >= 15 is 0 Å². The second-order valence-electron chi connectivity index (χ2n) is 6.38. The third kappa shape index (κ3) is 4.71. The maximum atomic E-state index is 13.2. The van der Waals surface area contributed by atoms with Crippen molar-refractivity contribution in [3.8, 4) is 0 Å². The van der Waals surface area contributed by atoms with Gasteiger partial charge in [0, 0.05) is 11.1 Å². The Bertz CT molecular complexity index is 688. The van der Waals surface area contributed by atoms with Crippen LogP contribution in [0.5, 0.6) is 0 Å². The average molecular weight is 328 g/mol. The lowest BCUT2D eigenvalue weighted by molar-refractivity contribution is 0.0995. The molecule has 120 valence electrons. The van der Waals surface area contributed by atoms with E-state index in [2.05, 4.69) is 6.58 Å². The number of hydrogen-bond acceptors (Lipinski definition) is 2. The van der Waals surface area contributed by atoms with Gasteiger partial charge in [-0.05, 0) is 37.3 Å². The summed E-state index contributed by atoms with van der Waals surface area (Å²) in [5, 5.41) is 0. The van der Waals surface area contributed by atoms with Crippen molar-refractivity contribution < 1.29 is 13.6 Å². The Kier molecular flexibility index (Phi) is 5.29. The first-order valence-electron chi connectivity index (χ1n) is 7.50. The van der Waals surface area contributed by atoms with Gasteiger partial charge in [0.1, 0.15) is 5.82 Å². The van der Waals surface area contributed by atoms with Gasteiger partial charge in [-0.15, -0.1) is 0 Å². The molecule has 1 atom stereocenters. The van der Waals surface area contributed by atoms with Gasteiger partial charge < -0.3 is 4.43 Å². The maximum absolute atomic E-state index is 13.2. The fraction of sp³-hybridized carbons (Fsp3) is 0.211. The summed E-state index contributed by atoms with van der Waals surface area (Å²) in [7, 11) is -1.93. The lowest BCUT2D eigenvalue weighted by atomic mass is 9.96. The summed E-state index contributed by atoms with van der Waals surface area (Å²) in [6, 6.07) is 15.0. The number of rotatable bonds is 6. The molecule has 1 unspecified atom stereocenters. The quantitative estimate of drug-likeness (QED) is 0.416. The number of halogens is 1. The molecule has 0 saturated carbocycles. The molecule has 0 aliphatic heterocycles. The first kappa shape index (κ1) is 17.3. The largest absolute Gasteiger partial charge is 0.407 e. The fourth-order valence-electron chi connectivity index (χ4n) is 2.23. The number of ketones is 1. The van der Waals surface area contributed by atoms with Crippen molar-refractivity contribution in [2.24, 2.45) is 0 Å². The Hall–Kier alpha value is -2.04. The van der Waals surface area contributed by atoms with Gasteiger partial charge in [0.05, 0.1) is 6.10 Å². The number of benzene rings is 2. The van der Waals surface area contributed by atoms with E-state index < -0.39 is 14.4 Å². The number of hydrogen-bond donors (Lipinski definition) is 0. The second-order valence-corrected chi connectivity index (χ2v) is 10.8. The molecular weight excluding hydrogens is 307 g/mol. The Labute approximate surface area is 137 Å². The van der Waals surface area contributed by atoms with Crippen molar-refractivity contribution in [1.82, 2.24) is 0 Å². The van der Waals surface area contributed by atoms with Crippen molar-refractivity contribution in [1.29, 1.82) is 0 Å². The molecule has 0 N–H and O–H groups in total. The Morgan fingerprint density at radius 1 is 1.04 bits per heavy atom. The van der Waals surface area contributed by atoms with Crippen molar-refractivity contribution in [3.05, 3.63) is 83.7 Å². The minimum absolute atomic E-state index is 0.154. The van der Waals surface area contributed by atoms with E-state index in [0.717, 1.165) is 5.56 Å². The highest BCUT2D eigenvalue weighted by atomic mass is 28.4. The first-order chi connectivity index (χ1) is 10.8. The monoisotopic (exact) mass is 328 g/mol. The van der Waals surface area contributed by atoms with Crippen LogP contribution in [0.3, 0.4) is 0 Å². The van der Waals surface area contributed by atoms with Crippen LogP contribution in [0.1, 0.15) is 22.0 Å². The van der Waals surface area contributed by atoms with Crippen LogP contribution in [-0.4, -0.2) is 14.1 Å². The van der Waals surface area contributed by atoms with Crippen LogP contribution in [0.15, 0.2) is 66.7 Å². The minimum atomic E-state index is -1.93. The summed E-state index contributed by atoms with van der Waals surface area (Å²) in [4.78, 5) is 12.7. The summed E-state index contributed by atoms with van der Waals surface area (Å²) < 4.78 is 19.4. The van der Waals surface area contributed by atoms with E-state index in [9.17, 15) is 9.18 Å². The summed E-state index contributed by atoms with van der Waals surface area (Å²) in [5.41, 5.74) is 1.68. The molecule has 2 nitrogen and oxygen atoms in total. The van der Waals surface area contributed by atoms with E-state index in [1.807, 2.05) is 37.8 Å². The number of carbonyl (C=O) groups excluding carboxylic acids is 1. The maximum Gasteiger partial charge on any atom is 0.191 e. The number of carbonyl (C=O) groups is 1. The highest BCUT2D eigenvalue weighted by Gasteiger charge is 2.28. The van der Waals surface area contributed by atoms with E-state index in [-0.39, 0.29) is 11.6 Å². The van der Waals surface area contributed by atoms with Crippen LogP contribution in [0.2, 0.25) is 19.6 Å². The van der Waals surface area contributed by atoms with Crippen LogP contribution in [0, 0.1) is 5.82 Å². The molecule has 2 aromatic rings. The topological polar surface area (TPSA) is 26.3 Å². The molecule has 0 amide bonds. The van der Waals surface area contributed by atoms with Crippen molar-refractivity contribution >= 4 is 14.1 Å². The summed E-state index contributed by atoms with van der Waals surface area (Å²) in [6.07, 6.45) is -0.560. The van der Waals surface area contributed by atoms with Crippen LogP contribution in [0.25, 0.3) is 0 Å². The second kappa shape index (κ2) is 7.02. The fourth-order valence-corrected chi connectivity index (χ4v) is 3.21. The molecule has 2 rings (SSSR count). The highest BCUT2D eigenvalue weighted by Crippen LogP contribution is 2.30. The van der Waals surface area contributed by atoms with Crippen molar-refractivity contribution in [2.45, 2.75) is 25.7 Å². The van der Waals surface area contributed by atoms with Gasteiger partial charge in [-0.2, -0.15) is 0 Å². The van der Waals surface area contributed by atoms with E-state index in [0.29, 0.717) is 11.1 Å². The lowest BCUT2D eigenvalue weighted by Gasteiger charge is -2.28. The molecule has 0 aliphatic rings. The van der Waals surface area contributed by atoms with Gasteiger partial charge >= 0.3 is 0 Å². The molecule has 0 heterocycles. The van der Waals surface area contributed by atoms with Gasteiger partial charge in [-0.1, -0.05) is 49.0 Å². The van der Waals surface area contributed by atoms with Crippen LogP contribution >= 0.6 is 0 Å². The first-order valence-corrected chi connectivity index (χ1v) is 10.9. The lowest BCUT2D eigenvalue weighted by Crippen LogP contribution is -2.30. The van der Waals surface area contributed by atoms with E-state index in [1.165, 1.54) is 12.1 Å². The third-order valence-corrected chi connectivity index (χ3v) is 4.23. The predicted octanol–water partition coefficient (Wildman–Crippen LogP) is 5.16. The van der Waals surface area contributed by atoms with Crippen LogP contribution in [-0.2, 0) is 4.43 Å². The molecule has 4 heteroatoms. The summed E-state index contributed by atoms with van der Waals surface area (Å²) in [5.74, 6) is -0.473. The zero-order valence-corrected chi connectivity index (χ0v) is 14.7. The Balaban J connectivity index is 2.35. The van der Waals surface area contributed by atoms with Gasteiger partial charge in [0.15, 0.2) is 14.1 Å². The molecule has 0 saturated heterocycles. The smallest absolute Gasteiger partial charge is 0.191 e. The molecule has 0 bridgehead atoms. The summed E-state index contributed by atoms with van der Waals surface area (Å²) >= 11 is 0. The molecule has 0 radical (unpaired) electrons. The summed E-state index contributed by atoms with van der Waals surface area (Å²) in [6.45, 7) is 10.1. The van der Waals surface area contributed by atoms with Crippen LogP contribution < -0.4 is 0 Å².